The zero-order chi connectivity index (χ0) is 12.2. The maximum absolute atomic E-state index is 11.0. The van der Waals surface area contributed by atoms with Gasteiger partial charge in [0.05, 0.1) is 22.2 Å². The smallest absolute Gasteiger partial charge is 0.166 e. The first-order valence-corrected chi connectivity index (χ1v) is 5.63. The van der Waals surface area contributed by atoms with E-state index in [9.17, 15) is 4.79 Å². The molecule has 3 nitrogen and oxygen atoms in total. The predicted octanol–water partition coefficient (Wildman–Crippen LogP) is 2.79. The Kier molecular flexibility index (Phi) is 1.93. The number of nitrogens with zero attached hydrogens (tertiary/aromatic N) is 2. The van der Waals surface area contributed by atoms with Crippen molar-refractivity contribution in [1.82, 2.24) is 9.13 Å². The first kappa shape index (κ1) is 10.1. The van der Waals surface area contributed by atoms with E-state index in [1.54, 1.807) is 0 Å². The number of para-hydroxylation sites is 1. The van der Waals surface area contributed by atoms with Crippen molar-refractivity contribution in [3.8, 4) is 0 Å². The van der Waals surface area contributed by atoms with Crippen LogP contribution in [0.25, 0.3) is 21.9 Å². The summed E-state index contributed by atoms with van der Waals surface area (Å²) in [5, 5.41) is 1.21. The van der Waals surface area contributed by atoms with Crippen LogP contribution >= 0.6 is 0 Å². The molecule has 0 amide bonds. The van der Waals surface area contributed by atoms with Crippen LogP contribution in [0.3, 0.4) is 0 Å². The van der Waals surface area contributed by atoms with Crippen molar-refractivity contribution in [2.45, 2.75) is 6.92 Å². The summed E-state index contributed by atoms with van der Waals surface area (Å²) >= 11 is 0. The molecule has 0 aliphatic rings. The van der Waals surface area contributed by atoms with Gasteiger partial charge in [0.25, 0.3) is 0 Å². The third-order valence-corrected chi connectivity index (χ3v) is 3.56. The second-order valence-electron chi connectivity index (χ2n) is 4.51. The van der Waals surface area contributed by atoms with Gasteiger partial charge in [-0.25, -0.2) is 0 Å². The highest BCUT2D eigenvalue weighted by Crippen LogP contribution is 2.31. The molecule has 0 bridgehead atoms. The molecule has 3 rings (SSSR count). The molecule has 86 valence electrons. The second kappa shape index (κ2) is 3.23. The Bertz CT molecular complexity index is 747. The Balaban J connectivity index is 2.63. The largest absolute Gasteiger partial charge is 0.342 e. The van der Waals surface area contributed by atoms with Gasteiger partial charge in [-0.05, 0) is 18.6 Å². The molecular weight excluding hydrogens is 212 g/mol. The number of rotatable bonds is 1. The lowest BCUT2D eigenvalue weighted by atomic mass is 10.1. The second-order valence-corrected chi connectivity index (χ2v) is 4.51. The number of hydrogen-bond acceptors (Lipinski definition) is 1. The highest BCUT2D eigenvalue weighted by molar-refractivity contribution is 6.09. The van der Waals surface area contributed by atoms with Crippen LogP contribution in [0.4, 0.5) is 0 Å². The molecule has 0 saturated carbocycles. The van der Waals surface area contributed by atoms with Gasteiger partial charge in [0.15, 0.2) is 6.29 Å². The standard InChI is InChI=1S/C14H14N2O/c1-9-5-4-6-11-13(9)16(3)12-7-10(8-17)15(2)14(11)12/h4-8H,1-3H3. The Morgan fingerprint density at radius 2 is 1.88 bits per heavy atom. The van der Waals surface area contributed by atoms with Gasteiger partial charge in [-0.1, -0.05) is 18.2 Å². The first-order chi connectivity index (χ1) is 8.15. The van der Waals surface area contributed by atoms with Crippen LogP contribution in [0.15, 0.2) is 24.3 Å². The van der Waals surface area contributed by atoms with E-state index in [1.807, 2.05) is 24.7 Å². The molecular formula is C14H14N2O. The average Bonchev–Trinajstić information content (AvgIpc) is 2.78. The van der Waals surface area contributed by atoms with E-state index in [0.29, 0.717) is 5.69 Å². The van der Waals surface area contributed by atoms with Crippen LogP contribution in [0, 0.1) is 6.92 Å². The van der Waals surface area contributed by atoms with Gasteiger partial charge < -0.3 is 9.13 Å². The van der Waals surface area contributed by atoms with Crippen molar-refractivity contribution < 1.29 is 4.79 Å². The molecule has 0 aliphatic carbocycles. The molecule has 0 aliphatic heterocycles. The molecule has 0 spiro atoms. The summed E-state index contributed by atoms with van der Waals surface area (Å²) in [6.45, 7) is 2.11. The summed E-state index contributed by atoms with van der Waals surface area (Å²) in [5.41, 5.74) is 5.46. The molecule has 0 radical (unpaired) electrons. The van der Waals surface area contributed by atoms with Crippen LogP contribution in [-0.2, 0) is 14.1 Å². The fourth-order valence-corrected chi connectivity index (χ4v) is 2.71. The number of carbonyl (C=O) groups is 1. The van der Waals surface area contributed by atoms with Crippen molar-refractivity contribution in [2.75, 3.05) is 0 Å². The molecule has 0 N–H and O–H groups in total. The Morgan fingerprint density at radius 3 is 2.59 bits per heavy atom. The Hall–Kier alpha value is -2.03. The minimum absolute atomic E-state index is 0.717. The molecule has 17 heavy (non-hydrogen) atoms. The molecule has 0 unspecified atom stereocenters. The van der Waals surface area contributed by atoms with Gasteiger partial charge in [-0.15, -0.1) is 0 Å². The topological polar surface area (TPSA) is 26.9 Å². The molecule has 1 aromatic carbocycles. The minimum Gasteiger partial charge on any atom is -0.342 e. The lowest BCUT2D eigenvalue weighted by Gasteiger charge is -2.01. The predicted molar refractivity (Wildman–Crippen MR) is 69.5 cm³/mol. The highest BCUT2D eigenvalue weighted by Gasteiger charge is 2.15. The molecule has 2 aromatic heterocycles. The Morgan fingerprint density at radius 1 is 1.12 bits per heavy atom. The van der Waals surface area contributed by atoms with Crippen molar-refractivity contribution in [3.63, 3.8) is 0 Å². The zero-order valence-electron chi connectivity index (χ0n) is 10.2. The normalized spacial score (nSPS) is 11.5. The highest BCUT2D eigenvalue weighted by atomic mass is 16.1. The quantitative estimate of drug-likeness (QED) is 0.586. The van der Waals surface area contributed by atoms with Crippen LogP contribution in [-0.4, -0.2) is 15.4 Å². The van der Waals surface area contributed by atoms with E-state index < -0.39 is 0 Å². The van der Waals surface area contributed by atoms with Crippen LogP contribution in [0.5, 0.6) is 0 Å². The fraction of sp³-hybridized carbons (Fsp3) is 0.214. The van der Waals surface area contributed by atoms with E-state index in [2.05, 4.69) is 29.7 Å². The number of aldehydes is 1. The van der Waals surface area contributed by atoms with Crippen molar-refractivity contribution in [3.05, 3.63) is 35.5 Å². The van der Waals surface area contributed by atoms with Gasteiger partial charge in [-0.2, -0.15) is 0 Å². The lowest BCUT2D eigenvalue weighted by Crippen LogP contribution is -1.93. The van der Waals surface area contributed by atoms with Gasteiger partial charge in [0.2, 0.25) is 0 Å². The monoisotopic (exact) mass is 226 g/mol. The average molecular weight is 226 g/mol. The maximum atomic E-state index is 11.0. The van der Waals surface area contributed by atoms with Crippen molar-refractivity contribution in [1.29, 1.82) is 0 Å². The van der Waals surface area contributed by atoms with E-state index in [0.717, 1.165) is 17.3 Å². The lowest BCUT2D eigenvalue weighted by molar-refractivity contribution is 0.111. The summed E-state index contributed by atoms with van der Waals surface area (Å²) in [6, 6.07) is 8.23. The molecule has 0 atom stereocenters. The first-order valence-electron chi connectivity index (χ1n) is 5.63. The molecule has 3 aromatic rings. The van der Waals surface area contributed by atoms with Gasteiger partial charge in [0.1, 0.15) is 0 Å². The van der Waals surface area contributed by atoms with Gasteiger partial charge in [0, 0.05) is 19.5 Å². The van der Waals surface area contributed by atoms with E-state index >= 15 is 0 Å². The van der Waals surface area contributed by atoms with E-state index in [1.165, 1.54) is 16.5 Å². The summed E-state index contributed by atoms with van der Waals surface area (Å²) < 4.78 is 4.12. The molecule has 0 fully saturated rings. The number of carbonyl (C=O) groups excluding carboxylic acids is 1. The molecule has 0 saturated heterocycles. The number of benzene rings is 1. The summed E-state index contributed by atoms with van der Waals surface area (Å²) in [7, 11) is 3.99. The third-order valence-electron chi connectivity index (χ3n) is 3.56. The summed E-state index contributed by atoms with van der Waals surface area (Å²) in [4.78, 5) is 11.0. The van der Waals surface area contributed by atoms with Crippen molar-refractivity contribution in [2.24, 2.45) is 14.1 Å². The summed E-state index contributed by atoms with van der Waals surface area (Å²) in [6.07, 6.45) is 0.904. The summed E-state index contributed by atoms with van der Waals surface area (Å²) in [5.74, 6) is 0. The Labute approximate surface area is 99.3 Å². The number of fused-ring (bicyclic) bond motifs is 3. The number of hydrogen-bond donors (Lipinski definition) is 0. The number of aromatic nitrogens is 2. The SMILES string of the molecule is Cc1cccc2c3c(cc(C=O)n3C)n(C)c12. The van der Waals surface area contributed by atoms with Crippen LogP contribution in [0.2, 0.25) is 0 Å². The van der Waals surface area contributed by atoms with Crippen LogP contribution in [0.1, 0.15) is 16.1 Å². The molecule has 3 heteroatoms. The maximum Gasteiger partial charge on any atom is 0.166 e. The van der Waals surface area contributed by atoms with Crippen LogP contribution < -0.4 is 0 Å². The minimum atomic E-state index is 0.717. The molecule has 2 heterocycles. The number of aryl methyl sites for hydroxylation is 3. The van der Waals surface area contributed by atoms with Gasteiger partial charge in [-0.3, -0.25) is 4.79 Å². The van der Waals surface area contributed by atoms with Gasteiger partial charge >= 0.3 is 0 Å². The van der Waals surface area contributed by atoms with Crippen molar-refractivity contribution >= 4 is 28.2 Å². The third kappa shape index (κ3) is 1.14. The zero-order valence-corrected chi connectivity index (χ0v) is 10.2. The fourth-order valence-electron chi connectivity index (χ4n) is 2.71. The van der Waals surface area contributed by atoms with E-state index in [-0.39, 0.29) is 0 Å². The van der Waals surface area contributed by atoms with E-state index in [4.69, 9.17) is 0 Å².